The SMILES string of the molecule is CC(=O)O[C@H]1C[C@]2(C)[C@@H]3CC=C4[C@@H](C[C@@H](O[C@H]5O[C@@H](CO)[C@H](O)[C@@H](O)[C@@H]5O)[C@H](O)C4(C)C)[C@]3(C)CC[C@]2(C)[C@@H]1[C@@](C)(O)C(=O)CCC(C)(C)O. The second-order valence-electron chi connectivity index (χ2n) is 18.3. The molecule has 5 rings (SSSR count). The standard InChI is InChI=1S/C38H62O12/c1-19(40)48-23-17-37(8)25-11-10-20-21(16-22(31(45)34(20,4)5)49-32-29(44)28(43)27(42)24(18-39)50-32)35(25,6)14-15-36(37,7)30(23)38(9,47)26(41)12-13-33(2,3)46/h10,21-25,27-32,39,42-47H,11-18H2,1-9H3/t21-,22-,23+,24+,25-,27+,28-,29+,30-,31+,32+,35+,36-,37-,38+/m1/s1. The van der Waals surface area contributed by atoms with Crippen LogP contribution in [0.3, 0.4) is 0 Å². The molecular weight excluding hydrogens is 648 g/mol. The van der Waals surface area contributed by atoms with E-state index in [1.807, 2.05) is 13.8 Å². The number of aliphatic hydroxyl groups is 7. The Labute approximate surface area is 296 Å². The number of carbonyl (C=O) groups is 2. The highest BCUT2D eigenvalue weighted by Crippen LogP contribution is 2.75. The summed E-state index contributed by atoms with van der Waals surface area (Å²) in [5, 5.41) is 75.4. The quantitative estimate of drug-likeness (QED) is 0.136. The number of allylic oxidation sites excluding steroid dienone is 1. The molecule has 0 aromatic heterocycles. The zero-order valence-electron chi connectivity index (χ0n) is 31.3. The minimum atomic E-state index is -1.82. The van der Waals surface area contributed by atoms with Gasteiger partial charge in [-0.2, -0.15) is 0 Å². The van der Waals surface area contributed by atoms with Crippen LogP contribution in [-0.4, -0.2) is 114 Å². The maximum atomic E-state index is 13.8. The predicted octanol–water partition coefficient (Wildman–Crippen LogP) is 2.16. The van der Waals surface area contributed by atoms with E-state index in [4.69, 9.17) is 14.2 Å². The summed E-state index contributed by atoms with van der Waals surface area (Å²) in [5.74, 6) is -1.58. The molecule has 0 radical (unpaired) electrons. The molecule has 7 N–H and O–H groups in total. The van der Waals surface area contributed by atoms with E-state index in [9.17, 15) is 45.3 Å². The van der Waals surface area contributed by atoms with Gasteiger partial charge >= 0.3 is 5.97 Å². The van der Waals surface area contributed by atoms with Crippen molar-refractivity contribution in [3.8, 4) is 0 Å². The van der Waals surface area contributed by atoms with Crippen LogP contribution in [-0.2, 0) is 23.8 Å². The third-order valence-electron chi connectivity index (χ3n) is 14.4. The Morgan fingerprint density at radius 2 is 1.58 bits per heavy atom. The summed E-state index contributed by atoms with van der Waals surface area (Å²) in [4.78, 5) is 26.3. The van der Waals surface area contributed by atoms with Crippen molar-refractivity contribution in [2.75, 3.05) is 6.61 Å². The van der Waals surface area contributed by atoms with Crippen molar-refractivity contribution in [3.63, 3.8) is 0 Å². The number of ketones is 1. The minimum absolute atomic E-state index is 0.0187. The van der Waals surface area contributed by atoms with Crippen molar-refractivity contribution in [1.29, 1.82) is 0 Å². The van der Waals surface area contributed by atoms with Gasteiger partial charge in [-0.1, -0.05) is 46.3 Å². The van der Waals surface area contributed by atoms with E-state index in [1.165, 1.54) is 13.8 Å². The Hall–Kier alpha value is -1.48. The van der Waals surface area contributed by atoms with E-state index in [0.717, 1.165) is 12.0 Å². The lowest BCUT2D eigenvalue weighted by Crippen LogP contribution is -2.64. The van der Waals surface area contributed by atoms with Crippen molar-refractivity contribution in [1.82, 2.24) is 0 Å². The zero-order chi connectivity index (χ0) is 37.6. The summed E-state index contributed by atoms with van der Waals surface area (Å²) in [6.07, 6.45) is -4.50. The fraction of sp³-hybridized carbons (Fsp3) is 0.895. The van der Waals surface area contributed by atoms with Crippen LogP contribution in [0.1, 0.15) is 107 Å². The number of Topliss-reactive ketones (excluding diaryl/α,β-unsaturated/α-hetero) is 1. The average molecular weight is 711 g/mol. The molecule has 1 heterocycles. The lowest BCUT2D eigenvalue weighted by atomic mass is 9.38. The fourth-order valence-corrected chi connectivity index (χ4v) is 11.4. The van der Waals surface area contributed by atoms with E-state index in [1.54, 1.807) is 13.8 Å². The van der Waals surface area contributed by atoms with Crippen molar-refractivity contribution in [3.05, 3.63) is 11.6 Å². The molecular formula is C38H62O12. The molecule has 0 aromatic rings. The smallest absolute Gasteiger partial charge is 0.302 e. The van der Waals surface area contributed by atoms with Crippen LogP contribution in [0.4, 0.5) is 0 Å². The fourth-order valence-electron chi connectivity index (χ4n) is 11.4. The van der Waals surface area contributed by atoms with E-state index in [-0.39, 0.29) is 35.9 Å². The Morgan fingerprint density at radius 1 is 0.940 bits per heavy atom. The van der Waals surface area contributed by atoms with Gasteiger partial charge in [0, 0.05) is 24.7 Å². The van der Waals surface area contributed by atoms with Gasteiger partial charge in [-0.3, -0.25) is 9.59 Å². The second-order valence-corrected chi connectivity index (χ2v) is 18.3. The average Bonchev–Trinajstić information content (AvgIpc) is 3.24. The molecule has 1 saturated heterocycles. The van der Waals surface area contributed by atoms with Crippen LogP contribution in [0.15, 0.2) is 11.6 Å². The number of ether oxygens (including phenoxy) is 3. The first kappa shape index (κ1) is 39.7. The topological polar surface area (TPSA) is 203 Å². The Bertz CT molecular complexity index is 1340. The number of hydrogen-bond donors (Lipinski definition) is 7. The van der Waals surface area contributed by atoms with Crippen molar-refractivity contribution in [2.45, 2.75) is 167 Å². The number of aliphatic hydroxyl groups excluding tert-OH is 5. The van der Waals surface area contributed by atoms with Crippen LogP contribution >= 0.6 is 0 Å². The molecule has 0 amide bonds. The molecule has 4 fully saturated rings. The van der Waals surface area contributed by atoms with Crippen LogP contribution in [0, 0.1) is 39.4 Å². The summed E-state index contributed by atoms with van der Waals surface area (Å²) in [6.45, 7) is 16.1. The molecule has 286 valence electrons. The summed E-state index contributed by atoms with van der Waals surface area (Å²) < 4.78 is 17.9. The molecule has 0 bridgehead atoms. The van der Waals surface area contributed by atoms with Gasteiger partial charge in [0.05, 0.1) is 24.4 Å². The molecule has 15 atom stereocenters. The molecule has 50 heavy (non-hydrogen) atoms. The van der Waals surface area contributed by atoms with E-state index in [0.29, 0.717) is 25.7 Å². The molecule has 0 aromatic carbocycles. The molecule has 3 saturated carbocycles. The molecule has 4 aliphatic carbocycles. The first-order valence-electron chi connectivity index (χ1n) is 18.4. The number of rotatable bonds is 9. The highest BCUT2D eigenvalue weighted by Gasteiger charge is 2.73. The molecule has 5 aliphatic rings. The largest absolute Gasteiger partial charge is 0.462 e. The summed E-state index contributed by atoms with van der Waals surface area (Å²) in [5.41, 5.74) is -3.94. The van der Waals surface area contributed by atoms with Gasteiger partial charge in [0.15, 0.2) is 12.1 Å². The van der Waals surface area contributed by atoms with Crippen LogP contribution in [0.25, 0.3) is 0 Å². The number of carbonyl (C=O) groups excluding carboxylic acids is 2. The van der Waals surface area contributed by atoms with Crippen LogP contribution < -0.4 is 0 Å². The maximum Gasteiger partial charge on any atom is 0.302 e. The Morgan fingerprint density at radius 3 is 2.16 bits per heavy atom. The van der Waals surface area contributed by atoms with Gasteiger partial charge in [-0.15, -0.1) is 0 Å². The molecule has 0 unspecified atom stereocenters. The predicted molar refractivity (Wildman–Crippen MR) is 181 cm³/mol. The third-order valence-corrected chi connectivity index (χ3v) is 14.4. The normalized spacial score (nSPS) is 46.9. The van der Waals surface area contributed by atoms with E-state index < -0.39 is 95.0 Å². The molecule has 12 nitrogen and oxygen atoms in total. The van der Waals surface area contributed by atoms with E-state index >= 15 is 0 Å². The molecule has 0 spiro atoms. The van der Waals surface area contributed by atoms with E-state index in [2.05, 4.69) is 26.8 Å². The maximum absolute atomic E-state index is 13.8. The first-order chi connectivity index (χ1) is 22.9. The second kappa shape index (κ2) is 13.1. The van der Waals surface area contributed by atoms with Gasteiger partial charge in [-0.25, -0.2) is 0 Å². The first-order valence-corrected chi connectivity index (χ1v) is 18.4. The van der Waals surface area contributed by atoms with Crippen molar-refractivity contribution >= 4 is 11.8 Å². The highest BCUT2D eigenvalue weighted by molar-refractivity contribution is 5.87. The molecule has 12 heteroatoms. The highest BCUT2D eigenvalue weighted by atomic mass is 16.7. The lowest BCUT2D eigenvalue weighted by molar-refractivity contribution is -0.324. The minimum Gasteiger partial charge on any atom is -0.462 e. The van der Waals surface area contributed by atoms with Gasteiger partial charge in [0.1, 0.15) is 36.1 Å². The van der Waals surface area contributed by atoms with Crippen molar-refractivity contribution < 1.29 is 59.5 Å². The van der Waals surface area contributed by atoms with Gasteiger partial charge in [0.25, 0.3) is 0 Å². The van der Waals surface area contributed by atoms with Crippen LogP contribution in [0.5, 0.6) is 0 Å². The van der Waals surface area contributed by atoms with Crippen molar-refractivity contribution in [2.24, 2.45) is 39.4 Å². The summed E-state index contributed by atoms with van der Waals surface area (Å²) in [6, 6.07) is 0. The molecule has 1 aliphatic heterocycles. The summed E-state index contributed by atoms with van der Waals surface area (Å²) in [7, 11) is 0. The van der Waals surface area contributed by atoms with Gasteiger partial charge in [-0.05, 0) is 87.4 Å². The van der Waals surface area contributed by atoms with Gasteiger partial charge < -0.3 is 50.0 Å². The number of esters is 1. The Balaban J connectivity index is 1.49. The zero-order valence-corrected chi connectivity index (χ0v) is 31.3. The summed E-state index contributed by atoms with van der Waals surface area (Å²) >= 11 is 0. The lowest BCUT2D eigenvalue weighted by Gasteiger charge is -2.66. The number of fused-ring (bicyclic) bond motifs is 5. The third kappa shape index (κ3) is 6.22. The Kier molecular flexibility index (Phi) is 10.4. The van der Waals surface area contributed by atoms with Gasteiger partial charge in [0.2, 0.25) is 0 Å². The monoisotopic (exact) mass is 710 g/mol. The van der Waals surface area contributed by atoms with Crippen LogP contribution in [0.2, 0.25) is 0 Å². The number of hydrogen-bond acceptors (Lipinski definition) is 12.